The van der Waals surface area contributed by atoms with Crippen molar-refractivity contribution >= 4 is 21.7 Å². The third-order valence-corrected chi connectivity index (χ3v) is 4.90. The molecule has 0 fully saturated rings. The maximum Gasteiger partial charge on any atom is 0.326 e. The van der Waals surface area contributed by atoms with Crippen LogP contribution in [0.5, 0.6) is 0 Å². The summed E-state index contributed by atoms with van der Waals surface area (Å²) in [5, 5.41) is 11.3. The highest BCUT2D eigenvalue weighted by Crippen LogP contribution is 2.22. The van der Waals surface area contributed by atoms with Gasteiger partial charge in [0.2, 0.25) is 5.91 Å². The van der Waals surface area contributed by atoms with Gasteiger partial charge >= 0.3 is 5.97 Å². The van der Waals surface area contributed by atoms with Gasteiger partial charge in [0.05, 0.1) is 0 Å². The van der Waals surface area contributed by atoms with Gasteiger partial charge in [-0.15, -0.1) is 0 Å². The molecule has 0 aromatic heterocycles. The highest BCUT2D eigenvalue weighted by molar-refractivity contribution is 7.92. The van der Waals surface area contributed by atoms with E-state index in [1.165, 1.54) is 13.8 Å². The average molecular weight is 279 g/mol. The minimum Gasteiger partial charge on any atom is -0.480 e. The number of hydrogen-bond acceptors (Lipinski definition) is 4. The van der Waals surface area contributed by atoms with Crippen molar-refractivity contribution in [2.24, 2.45) is 5.41 Å². The molecule has 0 saturated heterocycles. The van der Waals surface area contributed by atoms with Gasteiger partial charge in [-0.1, -0.05) is 20.8 Å². The van der Waals surface area contributed by atoms with E-state index >= 15 is 0 Å². The van der Waals surface area contributed by atoms with Crippen molar-refractivity contribution in [2.45, 2.75) is 45.4 Å². The number of aliphatic carboxylic acids is 1. The Balaban J connectivity index is 5.24. The first kappa shape index (κ1) is 16.9. The van der Waals surface area contributed by atoms with Gasteiger partial charge in [-0.05, 0) is 19.3 Å². The molecule has 0 aliphatic carbocycles. The van der Waals surface area contributed by atoms with Crippen LogP contribution in [-0.2, 0) is 19.4 Å². The molecule has 106 valence electrons. The topological polar surface area (TPSA) is 101 Å². The highest BCUT2D eigenvalue weighted by Gasteiger charge is 2.42. The third-order valence-electron chi connectivity index (χ3n) is 2.86. The molecule has 0 heterocycles. The summed E-state index contributed by atoms with van der Waals surface area (Å²) in [6.45, 7) is 7.46. The second-order valence-electron chi connectivity index (χ2n) is 5.89. The molecule has 1 atom stereocenters. The number of rotatable bonds is 4. The zero-order valence-corrected chi connectivity index (χ0v) is 12.4. The maximum absolute atomic E-state index is 11.9. The number of sulfone groups is 1. The van der Waals surface area contributed by atoms with Crippen LogP contribution in [0.3, 0.4) is 0 Å². The van der Waals surface area contributed by atoms with Crippen molar-refractivity contribution in [1.82, 2.24) is 5.32 Å². The van der Waals surface area contributed by atoms with E-state index < -0.39 is 37.9 Å². The molecule has 0 aromatic rings. The van der Waals surface area contributed by atoms with E-state index in [0.717, 1.165) is 6.26 Å². The van der Waals surface area contributed by atoms with Crippen molar-refractivity contribution in [2.75, 3.05) is 6.26 Å². The Morgan fingerprint density at radius 3 is 1.72 bits per heavy atom. The molecule has 6 nitrogen and oxygen atoms in total. The van der Waals surface area contributed by atoms with Crippen LogP contribution in [0.1, 0.15) is 34.6 Å². The number of carbonyl (C=O) groups is 2. The van der Waals surface area contributed by atoms with Crippen LogP contribution in [0, 0.1) is 5.41 Å². The van der Waals surface area contributed by atoms with Crippen molar-refractivity contribution in [3.63, 3.8) is 0 Å². The van der Waals surface area contributed by atoms with Crippen LogP contribution in [0.2, 0.25) is 0 Å². The molecule has 18 heavy (non-hydrogen) atoms. The Morgan fingerprint density at radius 2 is 1.50 bits per heavy atom. The molecular weight excluding hydrogens is 258 g/mol. The summed E-state index contributed by atoms with van der Waals surface area (Å²) in [6.07, 6.45) is 0.944. The molecule has 0 radical (unpaired) electrons. The summed E-state index contributed by atoms with van der Waals surface area (Å²) in [4.78, 5) is 23.0. The number of carboxylic acid groups (broad SMARTS) is 1. The molecule has 0 aliphatic rings. The van der Waals surface area contributed by atoms with E-state index in [9.17, 15) is 18.0 Å². The number of carboxylic acids is 1. The highest BCUT2D eigenvalue weighted by atomic mass is 32.2. The molecule has 2 N–H and O–H groups in total. The zero-order valence-electron chi connectivity index (χ0n) is 11.6. The van der Waals surface area contributed by atoms with Gasteiger partial charge in [0.15, 0.2) is 9.84 Å². The zero-order chi connectivity index (χ0) is 14.9. The number of hydrogen-bond donors (Lipinski definition) is 2. The summed E-state index contributed by atoms with van der Waals surface area (Å²) in [7, 11) is -3.62. The molecule has 0 saturated carbocycles. The summed E-state index contributed by atoms with van der Waals surface area (Å²) >= 11 is 0. The number of carbonyl (C=O) groups excluding carboxylic acids is 1. The Kier molecular flexibility index (Phi) is 4.57. The van der Waals surface area contributed by atoms with Crippen LogP contribution in [0.15, 0.2) is 0 Å². The number of nitrogens with one attached hydrogen (secondary N) is 1. The van der Waals surface area contributed by atoms with Crippen LogP contribution in [0.25, 0.3) is 0 Å². The van der Waals surface area contributed by atoms with E-state index in [4.69, 9.17) is 5.11 Å². The lowest BCUT2D eigenvalue weighted by Crippen LogP contribution is -2.56. The van der Waals surface area contributed by atoms with Crippen LogP contribution in [-0.4, -0.2) is 42.4 Å². The molecule has 1 amide bonds. The molecule has 0 spiro atoms. The Labute approximate surface area is 108 Å². The molecule has 0 aliphatic heterocycles. The quantitative estimate of drug-likeness (QED) is 0.777. The standard InChI is InChI=1S/C11H21NO5S/c1-10(2,3)7(8(13)14)12-9(15)11(4,5)18(6,16)17/h7H,1-6H3,(H,12,15)(H,13,14). The molecular formula is C11H21NO5S. The number of amides is 1. The summed E-state index contributed by atoms with van der Waals surface area (Å²) in [5.41, 5.74) is -0.713. The maximum atomic E-state index is 11.9. The second kappa shape index (κ2) is 4.87. The van der Waals surface area contributed by atoms with Crippen molar-refractivity contribution in [1.29, 1.82) is 0 Å². The molecule has 1 unspecified atom stereocenters. The molecule has 0 aromatic carbocycles. The minimum absolute atomic E-state index is 0.713. The SMILES string of the molecule is CC(C)(C)C(NC(=O)C(C)(C)S(C)(=O)=O)C(=O)O. The largest absolute Gasteiger partial charge is 0.480 e. The second-order valence-corrected chi connectivity index (χ2v) is 8.46. The summed E-state index contributed by atoms with van der Waals surface area (Å²) < 4.78 is 21.3. The Bertz CT molecular complexity index is 445. The lowest BCUT2D eigenvalue weighted by atomic mass is 9.86. The van der Waals surface area contributed by atoms with Crippen molar-refractivity contribution < 1.29 is 23.1 Å². The van der Waals surface area contributed by atoms with Gasteiger partial charge in [0.1, 0.15) is 10.8 Å². The first-order valence-corrected chi connectivity index (χ1v) is 7.33. The van der Waals surface area contributed by atoms with Crippen molar-refractivity contribution in [3.8, 4) is 0 Å². The van der Waals surface area contributed by atoms with E-state index in [2.05, 4.69) is 5.32 Å². The fourth-order valence-electron chi connectivity index (χ4n) is 1.12. The van der Waals surface area contributed by atoms with E-state index in [0.29, 0.717) is 0 Å². The molecule has 0 bridgehead atoms. The van der Waals surface area contributed by atoms with E-state index in [1.54, 1.807) is 20.8 Å². The lowest BCUT2D eigenvalue weighted by molar-refractivity contribution is -0.145. The fourth-order valence-corrected chi connectivity index (χ4v) is 1.52. The van der Waals surface area contributed by atoms with Gasteiger partial charge in [0, 0.05) is 6.26 Å². The van der Waals surface area contributed by atoms with Gasteiger partial charge in [-0.3, -0.25) is 4.79 Å². The van der Waals surface area contributed by atoms with Crippen LogP contribution < -0.4 is 5.32 Å². The predicted molar refractivity (Wildman–Crippen MR) is 67.9 cm³/mol. The van der Waals surface area contributed by atoms with E-state index in [-0.39, 0.29) is 0 Å². The third kappa shape index (κ3) is 3.69. The molecule has 7 heteroatoms. The van der Waals surface area contributed by atoms with Crippen LogP contribution >= 0.6 is 0 Å². The molecule has 0 rings (SSSR count). The smallest absolute Gasteiger partial charge is 0.326 e. The van der Waals surface area contributed by atoms with E-state index in [1.807, 2.05) is 0 Å². The van der Waals surface area contributed by atoms with Gasteiger partial charge < -0.3 is 10.4 Å². The monoisotopic (exact) mass is 279 g/mol. The normalized spacial score (nSPS) is 15.0. The Morgan fingerprint density at radius 1 is 1.11 bits per heavy atom. The average Bonchev–Trinajstić information content (AvgIpc) is 2.08. The van der Waals surface area contributed by atoms with Gasteiger partial charge in [-0.25, -0.2) is 13.2 Å². The van der Waals surface area contributed by atoms with Crippen molar-refractivity contribution in [3.05, 3.63) is 0 Å². The summed E-state index contributed by atoms with van der Waals surface area (Å²) in [5.74, 6) is -2.01. The fraction of sp³-hybridized carbons (Fsp3) is 0.818. The first-order chi connectivity index (χ1) is 7.71. The first-order valence-electron chi connectivity index (χ1n) is 5.44. The lowest BCUT2D eigenvalue weighted by Gasteiger charge is -2.31. The minimum atomic E-state index is -3.62. The van der Waals surface area contributed by atoms with Crippen LogP contribution in [0.4, 0.5) is 0 Å². The van der Waals surface area contributed by atoms with Gasteiger partial charge in [-0.2, -0.15) is 0 Å². The predicted octanol–water partition coefficient (Wildman–Crippen LogP) is 0.425. The Hall–Kier alpha value is -1.11. The summed E-state index contributed by atoms with van der Waals surface area (Å²) in [6, 6.07) is -1.15. The van der Waals surface area contributed by atoms with Gasteiger partial charge in [0.25, 0.3) is 0 Å².